The first-order valence-corrected chi connectivity index (χ1v) is 7.31. The van der Waals surface area contributed by atoms with Crippen LogP contribution in [0.1, 0.15) is 43.4 Å². The molecule has 2 rings (SSSR count). The standard InChI is InChI=1S/C16H16F3N3O3/c1-15(2,3)8-11(23)20-13(24)10-6-4-9(5-7-10)12-21-14(25-22-12)16(17,18)19/h4-7H,8H2,1-3H3,(H,20,23,24). The minimum Gasteiger partial charge on any atom is -0.329 e. The molecule has 9 heteroatoms. The second kappa shape index (κ2) is 6.66. The maximum absolute atomic E-state index is 12.4. The van der Waals surface area contributed by atoms with Crippen LogP contribution in [-0.4, -0.2) is 22.0 Å². The van der Waals surface area contributed by atoms with Crippen LogP contribution in [0.4, 0.5) is 13.2 Å². The topological polar surface area (TPSA) is 85.1 Å². The van der Waals surface area contributed by atoms with E-state index in [-0.39, 0.29) is 28.8 Å². The molecule has 0 saturated heterocycles. The van der Waals surface area contributed by atoms with Gasteiger partial charge < -0.3 is 4.52 Å². The fourth-order valence-electron chi connectivity index (χ4n) is 1.95. The van der Waals surface area contributed by atoms with Crippen LogP contribution in [0, 0.1) is 5.41 Å². The van der Waals surface area contributed by atoms with Gasteiger partial charge in [0, 0.05) is 17.5 Å². The lowest BCUT2D eigenvalue weighted by atomic mass is 9.92. The fourth-order valence-corrected chi connectivity index (χ4v) is 1.95. The van der Waals surface area contributed by atoms with Crippen molar-refractivity contribution in [2.45, 2.75) is 33.4 Å². The van der Waals surface area contributed by atoms with Gasteiger partial charge in [-0.25, -0.2) is 0 Å². The van der Waals surface area contributed by atoms with Crippen molar-refractivity contribution in [1.29, 1.82) is 0 Å². The van der Waals surface area contributed by atoms with E-state index >= 15 is 0 Å². The number of hydrogen-bond acceptors (Lipinski definition) is 5. The molecule has 25 heavy (non-hydrogen) atoms. The van der Waals surface area contributed by atoms with Crippen LogP contribution in [-0.2, 0) is 11.0 Å². The molecule has 1 N–H and O–H groups in total. The summed E-state index contributed by atoms with van der Waals surface area (Å²) in [7, 11) is 0. The average Bonchev–Trinajstić information content (AvgIpc) is 2.95. The van der Waals surface area contributed by atoms with Crippen LogP contribution in [0.2, 0.25) is 0 Å². The molecule has 1 aromatic carbocycles. The number of halogens is 3. The van der Waals surface area contributed by atoms with Crippen LogP contribution >= 0.6 is 0 Å². The van der Waals surface area contributed by atoms with E-state index in [1.807, 2.05) is 20.8 Å². The number of carbonyl (C=O) groups excluding carboxylic acids is 2. The predicted octanol–water partition coefficient (Wildman–Crippen LogP) is 3.45. The van der Waals surface area contributed by atoms with Crippen LogP contribution in [0.15, 0.2) is 28.8 Å². The zero-order valence-corrected chi connectivity index (χ0v) is 13.8. The number of nitrogens with zero attached hydrogens (tertiary/aromatic N) is 2. The second-order valence-electron chi connectivity index (χ2n) is 6.61. The van der Waals surface area contributed by atoms with Gasteiger partial charge in [0.15, 0.2) is 0 Å². The van der Waals surface area contributed by atoms with Crippen molar-refractivity contribution >= 4 is 11.8 Å². The summed E-state index contributed by atoms with van der Waals surface area (Å²) >= 11 is 0. The maximum Gasteiger partial charge on any atom is 0.471 e. The maximum atomic E-state index is 12.4. The predicted molar refractivity (Wildman–Crippen MR) is 81.3 cm³/mol. The van der Waals surface area contributed by atoms with E-state index in [2.05, 4.69) is 20.0 Å². The summed E-state index contributed by atoms with van der Waals surface area (Å²) in [6, 6.07) is 5.46. The van der Waals surface area contributed by atoms with Crippen molar-refractivity contribution in [3.8, 4) is 11.4 Å². The van der Waals surface area contributed by atoms with Gasteiger partial charge in [-0.05, 0) is 17.5 Å². The van der Waals surface area contributed by atoms with Crippen LogP contribution in [0.3, 0.4) is 0 Å². The van der Waals surface area contributed by atoms with Gasteiger partial charge in [0.2, 0.25) is 11.7 Å². The molecule has 1 heterocycles. The highest BCUT2D eigenvalue weighted by molar-refractivity contribution is 6.04. The lowest BCUT2D eigenvalue weighted by Gasteiger charge is -2.16. The van der Waals surface area contributed by atoms with E-state index in [0.717, 1.165) is 0 Å². The van der Waals surface area contributed by atoms with E-state index in [4.69, 9.17) is 0 Å². The molecule has 0 aliphatic carbocycles. The Morgan fingerprint density at radius 2 is 1.72 bits per heavy atom. The number of aromatic nitrogens is 2. The number of benzene rings is 1. The van der Waals surface area contributed by atoms with E-state index < -0.39 is 23.9 Å². The van der Waals surface area contributed by atoms with Gasteiger partial charge in [-0.3, -0.25) is 14.9 Å². The van der Waals surface area contributed by atoms with Gasteiger partial charge in [0.1, 0.15) is 0 Å². The Bertz CT molecular complexity index is 774. The number of alkyl halides is 3. The van der Waals surface area contributed by atoms with Crippen molar-refractivity contribution in [3.63, 3.8) is 0 Å². The van der Waals surface area contributed by atoms with Gasteiger partial charge >= 0.3 is 12.1 Å². The lowest BCUT2D eigenvalue weighted by molar-refractivity contribution is -0.159. The molecule has 0 saturated carbocycles. The quantitative estimate of drug-likeness (QED) is 0.911. The van der Waals surface area contributed by atoms with Gasteiger partial charge in [0.25, 0.3) is 5.91 Å². The molecule has 6 nitrogen and oxygen atoms in total. The third-order valence-corrected chi connectivity index (χ3v) is 3.02. The van der Waals surface area contributed by atoms with Crippen molar-refractivity contribution in [1.82, 2.24) is 15.5 Å². The van der Waals surface area contributed by atoms with Crippen molar-refractivity contribution in [3.05, 3.63) is 35.7 Å². The van der Waals surface area contributed by atoms with Gasteiger partial charge in [-0.1, -0.05) is 38.1 Å². The summed E-state index contributed by atoms with van der Waals surface area (Å²) in [5.74, 6) is -2.69. The third kappa shape index (κ3) is 5.13. The third-order valence-electron chi connectivity index (χ3n) is 3.02. The minimum atomic E-state index is -4.72. The summed E-state index contributed by atoms with van der Waals surface area (Å²) in [6.45, 7) is 5.60. The molecule has 0 radical (unpaired) electrons. The van der Waals surface area contributed by atoms with Crippen molar-refractivity contribution < 1.29 is 27.3 Å². The molecule has 0 unspecified atom stereocenters. The van der Waals surface area contributed by atoms with E-state index in [9.17, 15) is 22.8 Å². The summed E-state index contributed by atoms with van der Waals surface area (Å²) in [5, 5.41) is 5.51. The fraction of sp³-hybridized carbons (Fsp3) is 0.375. The molecule has 1 aromatic heterocycles. The van der Waals surface area contributed by atoms with E-state index in [1.165, 1.54) is 24.3 Å². The minimum absolute atomic E-state index is 0.180. The smallest absolute Gasteiger partial charge is 0.329 e. The van der Waals surface area contributed by atoms with Crippen molar-refractivity contribution in [2.75, 3.05) is 0 Å². The van der Waals surface area contributed by atoms with Gasteiger partial charge in [0.05, 0.1) is 0 Å². The van der Waals surface area contributed by atoms with Crippen LogP contribution < -0.4 is 5.32 Å². The molecule has 0 bridgehead atoms. The first-order valence-electron chi connectivity index (χ1n) is 7.31. The summed E-state index contributed by atoms with van der Waals surface area (Å²) in [5.41, 5.74) is 0.172. The van der Waals surface area contributed by atoms with Crippen LogP contribution in [0.5, 0.6) is 0 Å². The molecule has 0 fully saturated rings. The summed E-state index contributed by atoms with van der Waals surface area (Å²) in [6.07, 6.45) is -4.54. The second-order valence-corrected chi connectivity index (χ2v) is 6.61. The molecule has 0 aliphatic rings. The number of nitrogens with one attached hydrogen (secondary N) is 1. The Morgan fingerprint density at radius 3 is 2.20 bits per heavy atom. The Hall–Kier alpha value is -2.71. The molecule has 2 aromatic rings. The molecule has 0 spiro atoms. The number of rotatable bonds is 3. The van der Waals surface area contributed by atoms with Crippen LogP contribution in [0.25, 0.3) is 11.4 Å². The monoisotopic (exact) mass is 355 g/mol. The van der Waals surface area contributed by atoms with E-state index in [0.29, 0.717) is 0 Å². The highest BCUT2D eigenvalue weighted by Crippen LogP contribution is 2.29. The zero-order chi connectivity index (χ0) is 18.8. The van der Waals surface area contributed by atoms with Gasteiger partial charge in [-0.15, -0.1) is 0 Å². The molecule has 134 valence electrons. The first kappa shape index (κ1) is 18.6. The zero-order valence-electron chi connectivity index (χ0n) is 13.8. The first-order chi connectivity index (χ1) is 11.5. The lowest BCUT2D eigenvalue weighted by Crippen LogP contribution is -2.33. The Morgan fingerprint density at radius 1 is 1.12 bits per heavy atom. The molecular formula is C16H16F3N3O3. The molecule has 0 atom stereocenters. The summed E-state index contributed by atoms with van der Waals surface area (Å²) < 4.78 is 41.5. The number of amides is 2. The highest BCUT2D eigenvalue weighted by atomic mass is 19.4. The molecular weight excluding hydrogens is 339 g/mol. The molecule has 2 amide bonds. The van der Waals surface area contributed by atoms with Crippen molar-refractivity contribution in [2.24, 2.45) is 5.41 Å². The van der Waals surface area contributed by atoms with E-state index in [1.54, 1.807) is 0 Å². The highest BCUT2D eigenvalue weighted by Gasteiger charge is 2.38. The molecule has 0 aliphatic heterocycles. The Kier molecular flexibility index (Phi) is 4.96. The SMILES string of the molecule is CC(C)(C)CC(=O)NC(=O)c1ccc(-c2noc(C(F)(F)F)n2)cc1. The largest absolute Gasteiger partial charge is 0.471 e. The summed E-state index contributed by atoms with van der Waals surface area (Å²) in [4.78, 5) is 27.0. The number of hydrogen-bond donors (Lipinski definition) is 1. The number of imide groups is 1. The number of carbonyl (C=O) groups is 2. The normalized spacial score (nSPS) is 12.1. The Labute approximate surface area is 141 Å². The average molecular weight is 355 g/mol. The van der Waals surface area contributed by atoms with Gasteiger partial charge in [-0.2, -0.15) is 18.2 Å². The Balaban J connectivity index is 2.08.